The third kappa shape index (κ3) is 4.90. The van der Waals surface area contributed by atoms with Gasteiger partial charge >= 0.3 is 0 Å². The van der Waals surface area contributed by atoms with Gasteiger partial charge < -0.3 is 21.2 Å². The van der Waals surface area contributed by atoms with Crippen molar-refractivity contribution >= 4 is 35.3 Å². The fourth-order valence-electron chi connectivity index (χ4n) is 2.09. The number of rotatable bonds is 7. The van der Waals surface area contributed by atoms with E-state index in [1.54, 1.807) is 19.1 Å². The molecule has 0 aromatic heterocycles. The first-order valence-electron chi connectivity index (χ1n) is 6.79. The second kappa shape index (κ2) is 8.96. The first-order chi connectivity index (χ1) is 11.2. The number of carbonyl (C=O) groups excluding carboxylic acids is 1. The number of nitrogens with one attached hydrogen (secondary N) is 2. The third-order valence-electron chi connectivity index (χ3n) is 3.27. The zero-order chi connectivity index (χ0) is 18.4. The average Bonchev–Trinajstić information content (AvgIpc) is 2.50. The number of nitrogens with two attached hydrogens (primary N) is 1. The SMILES string of the molecule is COC(c1ccc(Cl)cc1Cl)C(C)NC(=O)C(C=N)=C(N)C(F)F. The Hall–Kier alpha value is -1.70. The zero-order valence-corrected chi connectivity index (χ0v) is 14.5. The fourth-order valence-corrected chi connectivity index (χ4v) is 2.61. The van der Waals surface area contributed by atoms with Gasteiger partial charge in [0, 0.05) is 28.9 Å². The molecule has 0 aliphatic carbocycles. The van der Waals surface area contributed by atoms with E-state index in [0.717, 1.165) is 0 Å². The van der Waals surface area contributed by atoms with Gasteiger partial charge in [0.25, 0.3) is 12.3 Å². The number of ether oxygens (including phenoxy) is 1. The van der Waals surface area contributed by atoms with Crippen molar-refractivity contribution in [2.24, 2.45) is 5.73 Å². The van der Waals surface area contributed by atoms with Crippen LogP contribution in [-0.4, -0.2) is 31.7 Å². The molecule has 0 spiro atoms. The largest absolute Gasteiger partial charge is 0.397 e. The molecule has 0 saturated carbocycles. The molecule has 9 heteroatoms. The standard InChI is InChI=1S/C15H17Cl2F2N3O2/c1-7(22-15(23)10(6-20)12(21)14(18)19)13(24-2)9-4-3-8(16)5-11(9)17/h3-7,13-14,20H,21H2,1-2H3,(H,22,23). The van der Waals surface area contributed by atoms with Gasteiger partial charge in [-0.05, 0) is 19.1 Å². The Kier molecular flexibility index (Phi) is 7.59. The highest BCUT2D eigenvalue weighted by Gasteiger charge is 2.25. The summed E-state index contributed by atoms with van der Waals surface area (Å²) < 4.78 is 30.6. The van der Waals surface area contributed by atoms with Gasteiger partial charge in [-0.15, -0.1) is 0 Å². The number of amides is 1. The Balaban J connectivity index is 3.02. The van der Waals surface area contributed by atoms with Gasteiger partial charge in [0.15, 0.2) is 0 Å². The molecule has 1 amide bonds. The Morgan fingerprint density at radius 1 is 1.42 bits per heavy atom. The molecule has 24 heavy (non-hydrogen) atoms. The summed E-state index contributed by atoms with van der Waals surface area (Å²) in [5.41, 5.74) is 4.16. The highest BCUT2D eigenvalue weighted by Crippen LogP contribution is 2.30. The minimum absolute atomic E-state index is 0.338. The van der Waals surface area contributed by atoms with E-state index in [9.17, 15) is 13.6 Å². The maximum absolute atomic E-state index is 12.6. The maximum Gasteiger partial charge on any atom is 0.278 e. The van der Waals surface area contributed by atoms with Crippen molar-refractivity contribution in [3.63, 3.8) is 0 Å². The molecule has 0 saturated heterocycles. The van der Waals surface area contributed by atoms with Gasteiger partial charge in [0.1, 0.15) is 6.10 Å². The van der Waals surface area contributed by atoms with Gasteiger partial charge in [0.05, 0.1) is 17.3 Å². The summed E-state index contributed by atoms with van der Waals surface area (Å²) in [6, 6.07) is 4.14. The summed E-state index contributed by atoms with van der Waals surface area (Å²) >= 11 is 12.0. The van der Waals surface area contributed by atoms with E-state index in [2.05, 4.69) is 5.32 Å². The summed E-state index contributed by atoms with van der Waals surface area (Å²) in [5, 5.41) is 10.4. The molecule has 0 heterocycles. The maximum atomic E-state index is 12.6. The van der Waals surface area contributed by atoms with Crippen molar-refractivity contribution in [3.8, 4) is 0 Å². The van der Waals surface area contributed by atoms with Crippen molar-refractivity contribution in [1.82, 2.24) is 5.32 Å². The Bertz CT molecular complexity index is 654. The average molecular weight is 380 g/mol. The monoisotopic (exact) mass is 379 g/mol. The second-order valence-corrected chi connectivity index (χ2v) is 5.74. The zero-order valence-electron chi connectivity index (χ0n) is 12.9. The topological polar surface area (TPSA) is 88.2 Å². The molecular weight excluding hydrogens is 363 g/mol. The molecule has 0 radical (unpaired) electrons. The van der Waals surface area contributed by atoms with Crippen molar-refractivity contribution < 1.29 is 18.3 Å². The lowest BCUT2D eigenvalue weighted by molar-refractivity contribution is -0.118. The summed E-state index contributed by atoms with van der Waals surface area (Å²) in [4.78, 5) is 12.1. The highest BCUT2D eigenvalue weighted by molar-refractivity contribution is 6.35. The smallest absolute Gasteiger partial charge is 0.278 e. The second-order valence-electron chi connectivity index (χ2n) is 4.90. The van der Waals surface area contributed by atoms with Crippen LogP contribution >= 0.6 is 23.2 Å². The van der Waals surface area contributed by atoms with E-state index in [-0.39, 0.29) is 0 Å². The van der Waals surface area contributed by atoms with E-state index in [0.29, 0.717) is 21.8 Å². The number of hydrogen-bond acceptors (Lipinski definition) is 4. The van der Waals surface area contributed by atoms with Gasteiger partial charge in [-0.2, -0.15) is 0 Å². The van der Waals surface area contributed by atoms with Crippen LogP contribution in [0.1, 0.15) is 18.6 Å². The van der Waals surface area contributed by atoms with E-state index < -0.39 is 35.7 Å². The number of hydrogen-bond donors (Lipinski definition) is 3. The molecule has 0 aliphatic heterocycles. The minimum Gasteiger partial charge on any atom is -0.397 e. The van der Waals surface area contributed by atoms with E-state index in [1.807, 2.05) is 0 Å². The molecular formula is C15H17Cl2F2N3O2. The summed E-state index contributed by atoms with van der Waals surface area (Å²) in [6.07, 6.45) is -3.20. The first-order valence-corrected chi connectivity index (χ1v) is 7.55. The summed E-state index contributed by atoms with van der Waals surface area (Å²) in [7, 11) is 1.42. The number of carbonyl (C=O) groups is 1. The van der Waals surface area contributed by atoms with Gasteiger partial charge in [-0.25, -0.2) is 8.78 Å². The molecule has 0 aliphatic rings. The van der Waals surface area contributed by atoms with Crippen LogP contribution in [0, 0.1) is 5.41 Å². The molecule has 1 aromatic rings. The summed E-state index contributed by atoms with van der Waals surface area (Å²) in [6.45, 7) is 1.61. The van der Waals surface area contributed by atoms with Gasteiger partial charge in [-0.1, -0.05) is 29.3 Å². The van der Waals surface area contributed by atoms with Crippen LogP contribution < -0.4 is 11.1 Å². The number of alkyl halides is 2. The molecule has 2 atom stereocenters. The van der Waals surface area contributed by atoms with E-state index in [4.69, 9.17) is 39.1 Å². The molecule has 1 aromatic carbocycles. The van der Waals surface area contributed by atoms with E-state index in [1.165, 1.54) is 13.2 Å². The predicted molar refractivity (Wildman–Crippen MR) is 89.8 cm³/mol. The molecule has 132 valence electrons. The number of benzene rings is 1. The Morgan fingerprint density at radius 2 is 2.04 bits per heavy atom. The fraction of sp³-hybridized carbons (Fsp3) is 0.333. The minimum atomic E-state index is -3.04. The van der Waals surface area contributed by atoms with Crippen LogP contribution in [0.25, 0.3) is 0 Å². The normalized spacial score (nSPS) is 14.8. The van der Waals surface area contributed by atoms with Gasteiger partial charge in [0.2, 0.25) is 0 Å². The van der Waals surface area contributed by atoms with Gasteiger partial charge in [-0.3, -0.25) is 4.79 Å². The Morgan fingerprint density at radius 3 is 2.50 bits per heavy atom. The van der Waals surface area contributed by atoms with Crippen LogP contribution in [0.3, 0.4) is 0 Å². The van der Waals surface area contributed by atoms with Crippen LogP contribution in [0.15, 0.2) is 29.5 Å². The lowest BCUT2D eigenvalue weighted by atomic mass is 10.0. The van der Waals surface area contributed by atoms with Crippen molar-refractivity contribution in [2.45, 2.75) is 25.5 Å². The van der Waals surface area contributed by atoms with Crippen molar-refractivity contribution in [1.29, 1.82) is 5.41 Å². The quantitative estimate of drug-likeness (QED) is 0.501. The van der Waals surface area contributed by atoms with Crippen LogP contribution in [0.5, 0.6) is 0 Å². The van der Waals surface area contributed by atoms with E-state index >= 15 is 0 Å². The van der Waals surface area contributed by atoms with Crippen molar-refractivity contribution in [2.75, 3.05) is 7.11 Å². The lowest BCUT2D eigenvalue weighted by Crippen LogP contribution is -2.40. The highest BCUT2D eigenvalue weighted by atomic mass is 35.5. The number of methoxy groups -OCH3 is 1. The molecule has 1 rings (SSSR count). The lowest BCUT2D eigenvalue weighted by Gasteiger charge is -2.25. The first kappa shape index (κ1) is 20.3. The van der Waals surface area contributed by atoms with Crippen LogP contribution in [0.2, 0.25) is 10.0 Å². The third-order valence-corrected chi connectivity index (χ3v) is 3.83. The number of allylic oxidation sites excluding steroid dienone is 1. The molecule has 0 fully saturated rings. The number of halogens is 4. The van der Waals surface area contributed by atoms with Crippen LogP contribution in [-0.2, 0) is 9.53 Å². The Labute approximate surface area is 148 Å². The summed E-state index contributed by atoms with van der Waals surface area (Å²) in [5.74, 6) is -0.901. The molecule has 4 N–H and O–H groups in total. The molecule has 0 bridgehead atoms. The van der Waals surface area contributed by atoms with Crippen LogP contribution in [0.4, 0.5) is 8.78 Å². The molecule has 2 unspecified atom stereocenters. The van der Waals surface area contributed by atoms with Crippen molar-refractivity contribution in [3.05, 3.63) is 45.1 Å². The predicted octanol–water partition coefficient (Wildman–Crippen LogP) is 3.31. The molecule has 5 nitrogen and oxygen atoms in total.